The van der Waals surface area contributed by atoms with Crippen LogP contribution in [0.1, 0.15) is 18.4 Å². The highest BCUT2D eigenvalue weighted by Gasteiger charge is 2.05. The molecule has 0 aliphatic heterocycles. The molecule has 0 amide bonds. The SMILES string of the molecule is COCCOCCCOC(=O)CCc1ccccc1N. The lowest BCUT2D eigenvalue weighted by Gasteiger charge is -2.07. The van der Waals surface area contributed by atoms with Crippen molar-refractivity contribution in [1.29, 1.82) is 0 Å². The summed E-state index contributed by atoms with van der Waals surface area (Å²) in [4.78, 5) is 11.5. The van der Waals surface area contributed by atoms with Crippen LogP contribution in [-0.4, -0.2) is 39.5 Å². The summed E-state index contributed by atoms with van der Waals surface area (Å²) in [6.45, 7) is 2.11. The molecule has 0 unspecified atom stereocenters. The molecule has 0 aliphatic rings. The monoisotopic (exact) mass is 281 g/mol. The van der Waals surface area contributed by atoms with E-state index in [1.165, 1.54) is 0 Å². The third kappa shape index (κ3) is 7.11. The first kappa shape index (κ1) is 16.5. The summed E-state index contributed by atoms with van der Waals surface area (Å²) in [5.41, 5.74) is 7.50. The molecule has 0 heterocycles. The smallest absolute Gasteiger partial charge is 0.306 e. The van der Waals surface area contributed by atoms with Crippen LogP contribution in [0.15, 0.2) is 24.3 Å². The molecule has 2 N–H and O–H groups in total. The number of nitrogens with two attached hydrogens (primary N) is 1. The third-order valence-electron chi connectivity index (χ3n) is 2.78. The number of hydrogen-bond donors (Lipinski definition) is 1. The van der Waals surface area contributed by atoms with Crippen LogP contribution in [-0.2, 0) is 25.4 Å². The summed E-state index contributed by atoms with van der Waals surface area (Å²) in [5, 5.41) is 0. The van der Waals surface area contributed by atoms with E-state index in [1.54, 1.807) is 7.11 Å². The molecule has 0 radical (unpaired) electrons. The zero-order chi connectivity index (χ0) is 14.6. The van der Waals surface area contributed by atoms with Crippen molar-refractivity contribution in [2.24, 2.45) is 0 Å². The molecule has 112 valence electrons. The number of anilines is 1. The summed E-state index contributed by atoms with van der Waals surface area (Å²) < 4.78 is 15.2. The van der Waals surface area contributed by atoms with Crippen LogP contribution in [0.25, 0.3) is 0 Å². The Labute approximate surface area is 120 Å². The Bertz CT molecular complexity index is 395. The summed E-state index contributed by atoms with van der Waals surface area (Å²) in [7, 11) is 1.63. The minimum Gasteiger partial charge on any atom is -0.466 e. The maximum atomic E-state index is 11.5. The highest BCUT2D eigenvalue weighted by Crippen LogP contribution is 2.12. The van der Waals surface area contributed by atoms with Crippen LogP contribution in [0, 0.1) is 0 Å². The van der Waals surface area contributed by atoms with Gasteiger partial charge in [0.15, 0.2) is 0 Å². The quantitative estimate of drug-likeness (QED) is 0.402. The zero-order valence-electron chi connectivity index (χ0n) is 12.0. The number of esters is 1. The number of benzene rings is 1. The number of carbonyl (C=O) groups excluding carboxylic acids is 1. The molecule has 20 heavy (non-hydrogen) atoms. The highest BCUT2D eigenvalue weighted by molar-refractivity contribution is 5.70. The first-order valence-corrected chi connectivity index (χ1v) is 6.79. The summed E-state index contributed by atoms with van der Waals surface area (Å²) in [5.74, 6) is -0.204. The minimum absolute atomic E-state index is 0.204. The van der Waals surface area contributed by atoms with Crippen LogP contribution in [0.2, 0.25) is 0 Å². The van der Waals surface area contributed by atoms with Crippen molar-refractivity contribution in [1.82, 2.24) is 0 Å². The largest absolute Gasteiger partial charge is 0.466 e. The molecule has 0 bridgehead atoms. The maximum absolute atomic E-state index is 11.5. The Balaban J connectivity index is 2.05. The lowest BCUT2D eigenvalue weighted by atomic mass is 10.1. The van der Waals surface area contributed by atoms with Gasteiger partial charge >= 0.3 is 5.97 Å². The van der Waals surface area contributed by atoms with E-state index >= 15 is 0 Å². The lowest BCUT2D eigenvalue weighted by Crippen LogP contribution is -2.10. The van der Waals surface area contributed by atoms with Crippen molar-refractivity contribution >= 4 is 11.7 Å². The fraction of sp³-hybridized carbons (Fsp3) is 0.533. The fourth-order valence-corrected chi connectivity index (χ4v) is 1.66. The molecular weight excluding hydrogens is 258 g/mol. The van der Waals surface area contributed by atoms with Crippen molar-refractivity contribution in [3.63, 3.8) is 0 Å². The molecule has 0 saturated carbocycles. The van der Waals surface area contributed by atoms with Crippen LogP contribution in [0.3, 0.4) is 0 Å². The van der Waals surface area contributed by atoms with Gasteiger partial charge in [0, 0.05) is 32.2 Å². The summed E-state index contributed by atoms with van der Waals surface area (Å²) in [6.07, 6.45) is 1.65. The molecule has 0 saturated heterocycles. The number of nitrogen functional groups attached to an aromatic ring is 1. The van der Waals surface area contributed by atoms with Gasteiger partial charge in [0.05, 0.1) is 19.8 Å². The Hall–Kier alpha value is -1.59. The second-order valence-electron chi connectivity index (χ2n) is 4.38. The first-order chi connectivity index (χ1) is 9.74. The van der Waals surface area contributed by atoms with Crippen LogP contribution >= 0.6 is 0 Å². The van der Waals surface area contributed by atoms with Crippen molar-refractivity contribution in [2.45, 2.75) is 19.3 Å². The van der Waals surface area contributed by atoms with Crippen molar-refractivity contribution in [3.8, 4) is 0 Å². The predicted molar refractivity (Wildman–Crippen MR) is 77.4 cm³/mol. The van der Waals surface area contributed by atoms with Gasteiger partial charge in [-0.3, -0.25) is 4.79 Å². The van der Waals surface area contributed by atoms with E-state index in [2.05, 4.69) is 0 Å². The molecule has 0 fully saturated rings. The van der Waals surface area contributed by atoms with E-state index < -0.39 is 0 Å². The van der Waals surface area contributed by atoms with E-state index in [0.29, 0.717) is 51.4 Å². The van der Waals surface area contributed by atoms with Gasteiger partial charge in [0.25, 0.3) is 0 Å². The van der Waals surface area contributed by atoms with E-state index in [0.717, 1.165) is 5.56 Å². The van der Waals surface area contributed by atoms with Crippen LogP contribution in [0.5, 0.6) is 0 Å². The number of rotatable bonds is 10. The standard InChI is InChI=1S/C15H23NO4/c1-18-11-12-19-9-4-10-20-15(17)8-7-13-5-2-3-6-14(13)16/h2-3,5-6H,4,7-12,16H2,1H3. The van der Waals surface area contributed by atoms with Gasteiger partial charge in [-0.15, -0.1) is 0 Å². The van der Waals surface area contributed by atoms with E-state index in [1.807, 2.05) is 24.3 Å². The molecule has 5 nitrogen and oxygen atoms in total. The maximum Gasteiger partial charge on any atom is 0.306 e. The Morgan fingerprint density at radius 3 is 2.70 bits per heavy atom. The fourth-order valence-electron chi connectivity index (χ4n) is 1.66. The Kier molecular flexibility index (Phi) is 8.42. The highest BCUT2D eigenvalue weighted by atomic mass is 16.5. The van der Waals surface area contributed by atoms with Crippen molar-refractivity contribution in [3.05, 3.63) is 29.8 Å². The third-order valence-corrected chi connectivity index (χ3v) is 2.78. The molecule has 1 aromatic rings. The topological polar surface area (TPSA) is 70.8 Å². The molecular formula is C15H23NO4. The molecule has 1 rings (SSSR count). The van der Waals surface area contributed by atoms with Crippen molar-refractivity contribution < 1.29 is 19.0 Å². The molecule has 0 aliphatic carbocycles. The van der Waals surface area contributed by atoms with Gasteiger partial charge in [-0.2, -0.15) is 0 Å². The number of carbonyl (C=O) groups is 1. The molecule has 1 aromatic carbocycles. The molecule has 0 aromatic heterocycles. The van der Waals surface area contributed by atoms with Gasteiger partial charge < -0.3 is 19.9 Å². The summed E-state index contributed by atoms with van der Waals surface area (Å²) in [6, 6.07) is 7.54. The van der Waals surface area contributed by atoms with Gasteiger partial charge in [-0.1, -0.05) is 18.2 Å². The van der Waals surface area contributed by atoms with Crippen molar-refractivity contribution in [2.75, 3.05) is 39.3 Å². The molecule has 5 heteroatoms. The number of aryl methyl sites for hydroxylation is 1. The van der Waals surface area contributed by atoms with Gasteiger partial charge in [0.2, 0.25) is 0 Å². The normalized spacial score (nSPS) is 10.4. The molecule has 0 atom stereocenters. The number of methoxy groups -OCH3 is 1. The van der Waals surface area contributed by atoms with E-state index in [4.69, 9.17) is 19.9 Å². The Morgan fingerprint density at radius 2 is 1.95 bits per heavy atom. The second-order valence-corrected chi connectivity index (χ2v) is 4.38. The first-order valence-electron chi connectivity index (χ1n) is 6.79. The predicted octanol–water partition coefficient (Wildman–Crippen LogP) is 1.80. The summed E-state index contributed by atoms with van der Waals surface area (Å²) >= 11 is 0. The lowest BCUT2D eigenvalue weighted by molar-refractivity contribution is -0.144. The van der Waals surface area contributed by atoms with E-state index in [9.17, 15) is 4.79 Å². The van der Waals surface area contributed by atoms with Crippen LogP contribution in [0.4, 0.5) is 5.69 Å². The van der Waals surface area contributed by atoms with E-state index in [-0.39, 0.29) is 5.97 Å². The van der Waals surface area contributed by atoms with Crippen LogP contribution < -0.4 is 5.73 Å². The Morgan fingerprint density at radius 1 is 1.15 bits per heavy atom. The second kappa shape index (κ2) is 10.2. The number of ether oxygens (including phenoxy) is 3. The number of para-hydroxylation sites is 1. The van der Waals surface area contributed by atoms with Gasteiger partial charge in [-0.25, -0.2) is 0 Å². The average Bonchev–Trinajstić information content (AvgIpc) is 2.45. The minimum atomic E-state index is -0.204. The zero-order valence-corrected chi connectivity index (χ0v) is 12.0. The number of hydrogen-bond acceptors (Lipinski definition) is 5. The van der Waals surface area contributed by atoms with Gasteiger partial charge in [-0.05, 0) is 18.1 Å². The van der Waals surface area contributed by atoms with Gasteiger partial charge in [0.1, 0.15) is 0 Å². The average molecular weight is 281 g/mol. The molecule has 0 spiro atoms.